The van der Waals surface area contributed by atoms with Gasteiger partial charge in [-0.25, -0.2) is 4.68 Å². The van der Waals surface area contributed by atoms with Crippen molar-refractivity contribution in [2.75, 3.05) is 17.7 Å². The molecule has 3 aromatic rings. The molecule has 0 aliphatic rings. The number of hydrogen-bond acceptors (Lipinski definition) is 5. The lowest BCUT2D eigenvalue weighted by molar-refractivity contribution is -0.137. The van der Waals surface area contributed by atoms with E-state index in [4.69, 9.17) is 4.74 Å². The molecule has 0 unspecified atom stereocenters. The van der Waals surface area contributed by atoms with E-state index in [1.165, 1.54) is 24.4 Å². The summed E-state index contributed by atoms with van der Waals surface area (Å²) in [5.41, 5.74) is -0.460. The SMILES string of the molecule is CCOc1ccccc1NC(=O)CSc1cnnn1-c1ccccc1C(F)(F)F. The summed E-state index contributed by atoms with van der Waals surface area (Å²) in [6.07, 6.45) is -3.22. The van der Waals surface area contributed by atoms with Crippen LogP contribution in [0.1, 0.15) is 12.5 Å². The minimum absolute atomic E-state index is 0.0397. The van der Waals surface area contributed by atoms with Crippen LogP contribution in [0, 0.1) is 0 Å². The molecular weight excluding hydrogens is 405 g/mol. The van der Waals surface area contributed by atoms with Gasteiger partial charge in [0.2, 0.25) is 5.91 Å². The highest BCUT2D eigenvalue weighted by Crippen LogP contribution is 2.34. The van der Waals surface area contributed by atoms with Gasteiger partial charge in [0.15, 0.2) is 0 Å². The molecule has 0 spiro atoms. The van der Waals surface area contributed by atoms with Crippen molar-refractivity contribution >= 4 is 23.4 Å². The molecule has 1 aromatic heterocycles. The molecule has 0 fully saturated rings. The number of rotatable bonds is 7. The maximum Gasteiger partial charge on any atom is 0.418 e. The summed E-state index contributed by atoms with van der Waals surface area (Å²) in [5, 5.41) is 10.5. The van der Waals surface area contributed by atoms with Crippen LogP contribution in [0.4, 0.5) is 18.9 Å². The Balaban J connectivity index is 1.73. The smallest absolute Gasteiger partial charge is 0.418 e. The lowest BCUT2D eigenvalue weighted by Gasteiger charge is -2.14. The summed E-state index contributed by atoms with van der Waals surface area (Å²) < 4.78 is 46.4. The molecule has 152 valence electrons. The van der Waals surface area contributed by atoms with Gasteiger partial charge in [0, 0.05) is 0 Å². The van der Waals surface area contributed by atoms with Gasteiger partial charge in [-0.2, -0.15) is 13.2 Å². The van der Waals surface area contributed by atoms with Gasteiger partial charge >= 0.3 is 6.18 Å². The summed E-state index contributed by atoms with van der Waals surface area (Å²) in [5.74, 6) is 0.167. The minimum Gasteiger partial charge on any atom is -0.492 e. The second kappa shape index (κ2) is 8.99. The predicted octanol–water partition coefficient (Wildman–Crippen LogP) is 4.42. The van der Waals surface area contributed by atoms with E-state index in [0.29, 0.717) is 23.1 Å². The van der Waals surface area contributed by atoms with Crippen LogP contribution in [0.3, 0.4) is 0 Å². The molecule has 0 aliphatic heterocycles. The van der Waals surface area contributed by atoms with E-state index in [1.54, 1.807) is 24.3 Å². The second-order valence-electron chi connectivity index (χ2n) is 5.76. The number of anilines is 1. The number of para-hydroxylation sites is 3. The zero-order valence-electron chi connectivity index (χ0n) is 15.3. The number of benzene rings is 2. The van der Waals surface area contributed by atoms with E-state index < -0.39 is 11.7 Å². The van der Waals surface area contributed by atoms with Crippen LogP contribution in [-0.2, 0) is 11.0 Å². The first-order valence-electron chi connectivity index (χ1n) is 8.62. The normalized spacial score (nSPS) is 11.3. The molecule has 0 aliphatic carbocycles. The summed E-state index contributed by atoms with van der Waals surface area (Å²) in [6, 6.07) is 12.1. The number of nitrogens with one attached hydrogen (secondary N) is 1. The third kappa shape index (κ3) is 5.08. The third-order valence-corrected chi connectivity index (χ3v) is 4.75. The summed E-state index contributed by atoms with van der Waals surface area (Å²) in [6.45, 7) is 2.28. The fourth-order valence-corrected chi connectivity index (χ4v) is 3.30. The minimum atomic E-state index is -4.54. The molecular formula is C19H17F3N4O2S. The van der Waals surface area contributed by atoms with Gasteiger partial charge in [-0.05, 0) is 31.2 Å². The molecule has 6 nitrogen and oxygen atoms in total. The Morgan fingerprint density at radius 3 is 2.66 bits per heavy atom. The molecule has 3 rings (SSSR count). The second-order valence-corrected chi connectivity index (χ2v) is 6.76. The first-order valence-corrected chi connectivity index (χ1v) is 9.60. The molecule has 0 atom stereocenters. The number of carbonyl (C=O) groups is 1. The van der Waals surface area contributed by atoms with E-state index in [2.05, 4.69) is 15.6 Å². The lowest BCUT2D eigenvalue weighted by Crippen LogP contribution is -2.16. The van der Waals surface area contributed by atoms with Crippen molar-refractivity contribution in [2.45, 2.75) is 18.1 Å². The van der Waals surface area contributed by atoms with Crippen LogP contribution in [-0.4, -0.2) is 33.3 Å². The van der Waals surface area contributed by atoms with Crippen molar-refractivity contribution < 1.29 is 22.7 Å². The monoisotopic (exact) mass is 422 g/mol. The quantitative estimate of drug-likeness (QED) is 0.571. The standard InChI is InChI=1S/C19H17F3N4O2S/c1-2-28-16-10-6-4-8-14(16)24-17(27)12-29-18-11-23-25-26(18)15-9-5-3-7-13(15)19(20,21)22/h3-11H,2,12H2,1H3,(H,24,27). The molecule has 0 saturated carbocycles. The fourth-order valence-electron chi connectivity index (χ4n) is 2.57. The highest BCUT2D eigenvalue weighted by atomic mass is 32.2. The molecule has 0 saturated heterocycles. The number of nitrogens with zero attached hydrogens (tertiary/aromatic N) is 3. The largest absolute Gasteiger partial charge is 0.492 e. The average molecular weight is 422 g/mol. The van der Waals surface area contributed by atoms with Crippen molar-refractivity contribution in [1.82, 2.24) is 15.0 Å². The van der Waals surface area contributed by atoms with Crippen LogP contribution in [0.5, 0.6) is 5.75 Å². The average Bonchev–Trinajstić information content (AvgIpc) is 3.16. The highest BCUT2D eigenvalue weighted by Gasteiger charge is 2.34. The molecule has 1 N–H and O–H groups in total. The van der Waals surface area contributed by atoms with E-state index in [1.807, 2.05) is 6.92 Å². The molecule has 10 heteroatoms. The van der Waals surface area contributed by atoms with Crippen molar-refractivity contribution in [3.63, 3.8) is 0 Å². The van der Waals surface area contributed by atoms with Gasteiger partial charge in [0.05, 0.1) is 35.5 Å². The van der Waals surface area contributed by atoms with Crippen molar-refractivity contribution in [1.29, 1.82) is 0 Å². The van der Waals surface area contributed by atoms with Crippen LogP contribution in [0.2, 0.25) is 0 Å². The van der Waals surface area contributed by atoms with Gasteiger partial charge < -0.3 is 10.1 Å². The molecule has 2 aromatic carbocycles. The first-order chi connectivity index (χ1) is 13.9. The Labute approximate surface area is 169 Å². The number of ether oxygens (including phenoxy) is 1. The first kappa shape index (κ1) is 20.7. The number of aromatic nitrogens is 3. The number of thioether (sulfide) groups is 1. The van der Waals surface area contributed by atoms with Crippen molar-refractivity contribution in [2.24, 2.45) is 0 Å². The number of alkyl halides is 3. The maximum absolute atomic E-state index is 13.3. The fraction of sp³-hybridized carbons (Fsp3) is 0.211. The third-order valence-electron chi connectivity index (χ3n) is 3.77. The zero-order valence-corrected chi connectivity index (χ0v) is 16.1. The number of hydrogen-bond donors (Lipinski definition) is 1. The van der Waals surface area contributed by atoms with Crippen LogP contribution in [0.15, 0.2) is 59.8 Å². The highest BCUT2D eigenvalue weighted by molar-refractivity contribution is 7.99. The molecule has 1 amide bonds. The van der Waals surface area contributed by atoms with Gasteiger partial charge in [-0.1, -0.05) is 41.2 Å². The van der Waals surface area contributed by atoms with Gasteiger partial charge in [-0.3, -0.25) is 4.79 Å². The lowest BCUT2D eigenvalue weighted by atomic mass is 10.2. The summed E-state index contributed by atoms with van der Waals surface area (Å²) in [4.78, 5) is 12.3. The number of carbonyl (C=O) groups excluding carboxylic acids is 1. The Morgan fingerprint density at radius 1 is 1.17 bits per heavy atom. The van der Waals surface area contributed by atoms with E-state index in [9.17, 15) is 18.0 Å². The molecule has 0 bridgehead atoms. The Kier molecular flexibility index (Phi) is 6.42. The van der Waals surface area contributed by atoms with Crippen molar-refractivity contribution in [3.8, 4) is 11.4 Å². The summed E-state index contributed by atoms with van der Waals surface area (Å²) in [7, 11) is 0. The van der Waals surface area contributed by atoms with Gasteiger partial charge in [-0.15, -0.1) is 5.10 Å². The summed E-state index contributed by atoms with van der Waals surface area (Å²) >= 11 is 1.03. The molecule has 29 heavy (non-hydrogen) atoms. The van der Waals surface area contributed by atoms with E-state index >= 15 is 0 Å². The zero-order chi connectivity index (χ0) is 20.9. The Morgan fingerprint density at radius 2 is 1.90 bits per heavy atom. The topological polar surface area (TPSA) is 69.0 Å². The van der Waals surface area contributed by atoms with E-state index in [-0.39, 0.29) is 17.3 Å². The van der Waals surface area contributed by atoms with Gasteiger partial charge in [0.25, 0.3) is 0 Å². The van der Waals surface area contributed by atoms with Crippen molar-refractivity contribution in [3.05, 3.63) is 60.3 Å². The van der Waals surface area contributed by atoms with E-state index in [0.717, 1.165) is 22.5 Å². The maximum atomic E-state index is 13.3. The number of amides is 1. The number of halogens is 3. The van der Waals surface area contributed by atoms with Crippen LogP contribution < -0.4 is 10.1 Å². The molecule has 1 heterocycles. The predicted molar refractivity (Wildman–Crippen MR) is 103 cm³/mol. The van der Waals surface area contributed by atoms with Crippen LogP contribution >= 0.6 is 11.8 Å². The van der Waals surface area contributed by atoms with Gasteiger partial charge in [0.1, 0.15) is 10.8 Å². The Bertz CT molecular complexity index is 991. The molecule has 0 radical (unpaired) electrons. The van der Waals surface area contributed by atoms with Crippen LogP contribution in [0.25, 0.3) is 5.69 Å². The Hall–Kier alpha value is -3.01.